The molecule has 0 unspecified atom stereocenters. The number of carboxylic acids is 1. The summed E-state index contributed by atoms with van der Waals surface area (Å²) in [7, 11) is 0. The molecule has 0 amide bonds. The Morgan fingerprint density at radius 3 is 1.70 bits per heavy atom. The monoisotopic (exact) mass is 176 g/mol. The maximum absolute atomic E-state index is 8.89. The minimum absolute atomic E-state index is 0. The first-order valence-electron chi connectivity index (χ1n) is 2.47. The Balaban J connectivity index is -0.0000000300. The zero-order valence-electron chi connectivity index (χ0n) is 6.68. The summed E-state index contributed by atoms with van der Waals surface area (Å²) < 4.78 is 0. The van der Waals surface area contributed by atoms with E-state index in [0.29, 0.717) is 0 Å². The molecule has 0 aromatic carbocycles. The van der Waals surface area contributed by atoms with E-state index in [2.05, 4.69) is 19.6 Å². The van der Waals surface area contributed by atoms with E-state index in [0.717, 1.165) is 12.7 Å². The summed E-state index contributed by atoms with van der Waals surface area (Å²) in [6.07, 6.45) is 1.23. The van der Waals surface area contributed by atoms with Crippen LogP contribution in [0.3, 0.4) is 0 Å². The third kappa shape index (κ3) is 168. The van der Waals surface area contributed by atoms with E-state index in [4.69, 9.17) is 9.90 Å². The van der Waals surface area contributed by atoms with E-state index in [1.807, 2.05) is 0 Å². The molecule has 0 aliphatic heterocycles. The molecule has 0 saturated heterocycles. The van der Waals surface area contributed by atoms with Crippen molar-refractivity contribution in [1.82, 2.24) is 0 Å². The van der Waals surface area contributed by atoms with Crippen LogP contribution in [0.1, 0.15) is 20.3 Å². The summed E-state index contributed by atoms with van der Waals surface area (Å²) in [5.74, 6) is 0.0417. The Morgan fingerprint density at radius 1 is 1.60 bits per heavy atom. The number of hydrogen-bond donors (Lipinski definition) is 0. The first-order chi connectivity index (χ1) is 3.65. The molecule has 0 aromatic rings. The molecule has 0 fully saturated rings. The van der Waals surface area contributed by atoms with Crippen LogP contribution in [0.25, 0.3) is 0 Å². The normalized spacial score (nSPS) is 5.50. The second-order valence-electron chi connectivity index (χ2n) is 1.24. The summed E-state index contributed by atoms with van der Waals surface area (Å²) >= 11 is 3.29. The molecular formula is C5H13NaO3S. The Bertz CT molecular complexity index is 54.9. The third-order valence-corrected chi connectivity index (χ3v) is 0.750. The Labute approximate surface area is 89.2 Å². The average molecular weight is 176 g/mol. The number of rotatable bonds is 1. The summed E-state index contributed by atoms with van der Waals surface area (Å²) in [6, 6.07) is 0. The van der Waals surface area contributed by atoms with Gasteiger partial charge in [0.25, 0.3) is 0 Å². The van der Waals surface area contributed by atoms with E-state index in [1.165, 1.54) is 6.42 Å². The maximum atomic E-state index is 8.89. The molecule has 5 heteroatoms. The fraction of sp³-hybridized carbons (Fsp3) is 0.800. The van der Waals surface area contributed by atoms with Crippen molar-refractivity contribution in [2.24, 2.45) is 0 Å². The molecule has 0 rings (SSSR count). The molecule has 0 aliphatic rings. The quantitative estimate of drug-likeness (QED) is 0.302. The van der Waals surface area contributed by atoms with Gasteiger partial charge in [0.2, 0.25) is 0 Å². The van der Waals surface area contributed by atoms with Gasteiger partial charge in [-0.05, 0) is 26.0 Å². The standard InChI is InChI=1S/C3H8S.C2H4O2.Na.H2O/c1-2-3-4;1-2(3)4;;/h4H,2-3H2,1H3;1H3,(H,3,4);;1H2/q;;+1;/p-1. The first kappa shape index (κ1) is 22.4. The molecule has 10 heavy (non-hydrogen) atoms. The van der Waals surface area contributed by atoms with Crippen LogP contribution in [-0.4, -0.2) is 17.2 Å². The van der Waals surface area contributed by atoms with E-state index in [-0.39, 0.29) is 35.0 Å². The molecule has 0 atom stereocenters. The summed E-state index contributed by atoms with van der Waals surface area (Å²) in [5.41, 5.74) is 0. The Kier molecular flexibility index (Phi) is 50.6. The van der Waals surface area contributed by atoms with Crippen molar-refractivity contribution in [2.75, 3.05) is 5.75 Å². The minimum Gasteiger partial charge on any atom is -0.870 e. The average Bonchev–Trinajstić information content (AvgIpc) is 1.65. The van der Waals surface area contributed by atoms with Gasteiger partial charge in [-0.25, -0.2) is 0 Å². The molecule has 1 N–H and O–H groups in total. The van der Waals surface area contributed by atoms with Crippen LogP contribution in [0.5, 0.6) is 0 Å². The molecule has 3 nitrogen and oxygen atoms in total. The zero-order valence-corrected chi connectivity index (χ0v) is 9.68. The van der Waals surface area contributed by atoms with E-state index >= 15 is 0 Å². The van der Waals surface area contributed by atoms with Crippen molar-refractivity contribution in [3.8, 4) is 0 Å². The van der Waals surface area contributed by atoms with Gasteiger partial charge in [-0.2, -0.15) is 0 Å². The molecule has 0 aliphatic carbocycles. The molecule has 0 bridgehead atoms. The SMILES string of the molecule is CC(=O)[O-].CCC[SH2+].[Na+].[OH-]. The molecule has 0 radical (unpaired) electrons. The first-order valence-corrected chi connectivity index (χ1v) is 3.18. The maximum Gasteiger partial charge on any atom is 1.00 e. The fourth-order valence-electron chi connectivity index (χ4n) is 0. The number of carbonyl (C=O) groups is 1. The predicted molar refractivity (Wildman–Crippen MR) is 37.9 cm³/mol. The second kappa shape index (κ2) is 22.6. The van der Waals surface area contributed by atoms with Crippen molar-refractivity contribution in [3.05, 3.63) is 0 Å². The van der Waals surface area contributed by atoms with Gasteiger partial charge in [0.15, 0.2) is 0 Å². The molecule has 0 saturated carbocycles. The molecule has 0 spiro atoms. The van der Waals surface area contributed by atoms with Gasteiger partial charge >= 0.3 is 29.6 Å². The van der Waals surface area contributed by atoms with Crippen LogP contribution in [0.2, 0.25) is 0 Å². The van der Waals surface area contributed by atoms with Gasteiger partial charge in [0, 0.05) is 5.97 Å². The zero-order chi connectivity index (χ0) is 6.99. The van der Waals surface area contributed by atoms with Crippen LogP contribution >= 0.6 is 0 Å². The number of carbonyl (C=O) groups excluding carboxylic acids is 1. The van der Waals surface area contributed by atoms with E-state index < -0.39 is 5.97 Å². The van der Waals surface area contributed by atoms with E-state index in [9.17, 15) is 0 Å². The van der Waals surface area contributed by atoms with Gasteiger partial charge in [0.1, 0.15) is 5.75 Å². The van der Waals surface area contributed by atoms with Gasteiger partial charge in [-0.3, -0.25) is 0 Å². The van der Waals surface area contributed by atoms with Crippen molar-refractivity contribution in [3.63, 3.8) is 0 Å². The van der Waals surface area contributed by atoms with Crippen LogP contribution in [0.4, 0.5) is 0 Å². The van der Waals surface area contributed by atoms with Crippen molar-refractivity contribution >= 4 is 18.6 Å². The Hall–Kier alpha value is 0.780. The van der Waals surface area contributed by atoms with Gasteiger partial charge in [-0.15, -0.1) is 0 Å². The summed E-state index contributed by atoms with van der Waals surface area (Å²) in [5, 5.41) is 8.89. The summed E-state index contributed by atoms with van der Waals surface area (Å²) in [6.45, 7) is 3.10. The molecular weight excluding hydrogens is 163 g/mol. The smallest absolute Gasteiger partial charge is 0.870 e. The van der Waals surface area contributed by atoms with Crippen molar-refractivity contribution < 1.29 is 44.9 Å². The topological polar surface area (TPSA) is 70.1 Å². The second-order valence-corrected chi connectivity index (χ2v) is 1.74. The van der Waals surface area contributed by atoms with Gasteiger partial charge in [-0.1, -0.05) is 6.92 Å². The van der Waals surface area contributed by atoms with Crippen LogP contribution < -0.4 is 34.7 Å². The number of aliphatic carboxylic acids is 1. The van der Waals surface area contributed by atoms with Crippen molar-refractivity contribution in [2.45, 2.75) is 20.3 Å². The van der Waals surface area contributed by atoms with E-state index in [1.54, 1.807) is 0 Å². The number of hydrogen-bond acceptors (Lipinski definition) is 3. The Morgan fingerprint density at radius 2 is 1.70 bits per heavy atom. The fourth-order valence-corrected chi connectivity index (χ4v) is 0. The largest absolute Gasteiger partial charge is 1.00 e. The van der Waals surface area contributed by atoms with Gasteiger partial charge in [0.05, 0.1) is 0 Å². The number of carboxylic acid groups (broad SMARTS) is 1. The van der Waals surface area contributed by atoms with Crippen LogP contribution in [-0.2, 0) is 17.4 Å². The summed E-state index contributed by atoms with van der Waals surface area (Å²) in [4.78, 5) is 8.89. The van der Waals surface area contributed by atoms with Crippen LogP contribution in [0.15, 0.2) is 0 Å². The minimum atomic E-state index is -1.08. The molecule has 0 aromatic heterocycles. The predicted octanol–water partition coefficient (Wildman–Crippen LogP) is -4.01. The third-order valence-electron chi connectivity index (χ3n) is 0.250. The van der Waals surface area contributed by atoms with Crippen LogP contribution in [0, 0.1) is 0 Å². The molecule has 58 valence electrons. The van der Waals surface area contributed by atoms with Crippen molar-refractivity contribution in [1.29, 1.82) is 0 Å². The van der Waals surface area contributed by atoms with Gasteiger partial charge < -0.3 is 15.4 Å². The molecule has 0 heterocycles.